The molecule has 2 aliphatic rings. The van der Waals surface area contributed by atoms with Crippen molar-refractivity contribution in [1.82, 2.24) is 9.97 Å². The van der Waals surface area contributed by atoms with E-state index in [-0.39, 0.29) is 34.5 Å². The topological polar surface area (TPSA) is 81.2 Å². The van der Waals surface area contributed by atoms with Crippen LogP contribution in [0.25, 0.3) is 11.4 Å². The second-order valence-corrected chi connectivity index (χ2v) is 25.7. The third kappa shape index (κ3) is 8.07. The lowest BCUT2D eigenvalue weighted by Crippen LogP contribution is -2.44. The molecule has 4 heterocycles. The minimum absolute atomic E-state index is 0.0213. The Kier molecular flexibility index (Phi) is 9.85. The van der Waals surface area contributed by atoms with Crippen molar-refractivity contribution in [1.29, 1.82) is 0 Å². The zero-order valence-electron chi connectivity index (χ0n) is 29.5. The molecule has 2 aliphatic heterocycles. The average Bonchev–Trinajstić information content (AvgIpc) is 3.45. The number of hydrogen-bond donors (Lipinski definition) is 0. The first-order valence-corrected chi connectivity index (χ1v) is 21.8. The first-order chi connectivity index (χ1) is 20.0. The summed E-state index contributed by atoms with van der Waals surface area (Å²) in [6, 6.07) is 12.1. The maximum Gasteiger partial charge on any atom is 0.193 e. The van der Waals surface area contributed by atoms with Gasteiger partial charge >= 0.3 is 0 Å². The molecular formula is C34H56N2O6Si2. The number of pyridine rings is 2. The fourth-order valence-electron chi connectivity index (χ4n) is 4.88. The second kappa shape index (κ2) is 12.3. The third-order valence-electron chi connectivity index (χ3n) is 9.58. The van der Waals surface area contributed by atoms with Crippen LogP contribution in [0.2, 0.25) is 36.3 Å². The van der Waals surface area contributed by atoms with E-state index < -0.39 is 28.2 Å². The molecular weight excluding hydrogens is 589 g/mol. The lowest BCUT2D eigenvalue weighted by Gasteiger charge is -2.40. The highest BCUT2D eigenvalue weighted by Gasteiger charge is 2.47. The van der Waals surface area contributed by atoms with E-state index in [0.717, 1.165) is 22.8 Å². The molecule has 4 atom stereocenters. The van der Waals surface area contributed by atoms with Gasteiger partial charge in [0.05, 0.1) is 36.0 Å². The van der Waals surface area contributed by atoms with Crippen LogP contribution in [-0.2, 0) is 27.8 Å². The molecule has 2 saturated heterocycles. The predicted molar refractivity (Wildman–Crippen MR) is 179 cm³/mol. The first kappa shape index (κ1) is 35.3. The van der Waals surface area contributed by atoms with Gasteiger partial charge in [-0.25, -0.2) is 9.97 Å². The Morgan fingerprint density at radius 1 is 0.659 bits per heavy atom. The summed E-state index contributed by atoms with van der Waals surface area (Å²) in [7, 11) is -4.36. The average molecular weight is 645 g/mol. The van der Waals surface area contributed by atoms with E-state index in [1.54, 1.807) is 0 Å². The van der Waals surface area contributed by atoms with Crippen molar-refractivity contribution in [3.63, 3.8) is 0 Å². The molecule has 0 N–H and O–H groups in total. The number of ether oxygens (including phenoxy) is 4. The molecule has 2 aromatic rings. The fraction of sp³-hybridized carbons (Fsp3) is 0.706. The van der Waals surface area contributed by atoms with Gasteiger partial charge in [0.1, 0.15) is 24.4 Å². The SMILES string of the molecule is CC1(C)OC[C@H]([C@@H](O[Si](C)(C)C(C)(C)C)c2cccc(-c3cccc([C@H](O[Si](C)(C)C(C)(C)C)[C@H]4COC(C)(C)O4)n3)n2)O1. The van der Waals surface area contributed by atoms with Crippen molar-refractivity contribution < 1.29 is 27.8 Å². The van der Waals surface area contributed by atoms with Gasteiger partial charge in [-0.1, -0.05) is 53.7 Å². The number of nitrogens with zero attached hydrogens (tertiary/aromatic N) is 2. The van der Waals surface area contributed by atoms with Crippen molar-refractivity contribution in [2.24, 2.45) is 0 Å². The molecule has 4 rings (SSSR count). The van der Waals surface area contributed by atoms with Crippen LogP contribution in [0.4, 0.5) is 0 Å². The lowest BCUT2D eigenvalue weighted by atomic mass is 10.1. The van der Waals surface area contributed by atoms with Crippen molar-refractivity contribution in [2.45, 2.75) is 141 Å². The summed E-state index contributed by atoms with van der Waals surface area (Å²) in [5, 5.41) is 0.0426. The van der Waals surface area contributed by atoms with Gasteiger partial charge < -0.3 is 27.8 Å². The Hall–Kier alpha value is -1.51. The van der Waals surface area contributed by atoms with Gasteiger partial charge in [-0.05, 0) is 88.2 Å². The lowest BCUT2D eigenvalue weighted by molar-refractivity contribution is -0.150. The van der Waals surface area contributed by atoms with Gasteiger partial charge in [0, 0.05) is 0 Å². The van der Waals surface area contributed by atoms with Crippen LogP contribution in [0.15, 0.2) is 36.4 Å². The molecule has 0 aromatic carbocycles. The van der Waals surface area contributed by atoms with Crippen LogP contribution < -0.4 is 0 Å². The van der Waals surface area contributed by atoms with Gasteiger partial charge in [0.25, 0.3) is 0 Å². The molecule has 246 valence electrons. The fourth-order valence-corrected chi connectivity index (χ4v) is 7.40. The van der Waals surface area contributed by atoms with Crippen molar-refractivity contribution in [2.75, 3.05) is 13.2 Å². The Bertz CT molecular complexity index is 1200. The van der Waals surface area contributed by atoms with Crippen LogP contribution >= 0.6 is 0 Å². The summed E-state index contributed by atoms with van der Waals surface area (Å²) in [6.45, 7) is 31.2. The Labute approximate surface area is 267 Å². The van der Waals surface area contributed by atoms with Gasteiger partial charge in [-0.2, -0.15) is 0 Å². The molecule has 0 unspecified atom stereocenters. The number of rotatable bonds is 9. The first-order valence-electron chi connectivity index (χ1n) is 15.9. The van der Waals surface area contributed by atoms with Crippen molar-refractivity contribution in [3.05, 3.63) is 47.8 Å². The standard InChI is InChI=1S/C34H56N2O6Si2/c1-31(2,3)43(11,12)41-29(27-21-37-33(7,8)39-27)25-19-15-17-23(35-25)24-18-16-20-26(36-24)30(28-22-38-34(9,10)40-28)42-44(13,14)32(4,5)6/h15-20,27-30H,21-22H2,1-14H3/t27-,28-,29+,30+/m1/s1. The Morgan fingerprint density at radius 3 is 1.27 bits per heavy atom. The minimum atomic E-state index is -2.18. The molecule has 2 fully saturated rings. The Morgan fingerprint density at radius 2 is 1.00 bits per heavy atom. The van der Waals surface area contributed by atoms with E-state index in [1.807, 2.05) is 64.1 Å². The summed E-state index contributed by atoms with van der Waals surface area (Å²) in [4.78, 5) is 10.3. The van der Waals surface area contributed by atoms with E-state index in [9.17, 15) is 0 Å². The smallest absolute Gasteiger partial charge is 0.193 e. The van der Waals surface area contributed by atoms with Crippen molar-refractivity contribution >= 4 is 16.6 Å². The molecule has 44 heavy (non-hydrogen) atoms. The predicted octanol–water partition coefficient (Wildman–Crippen LogP) is 8.57. The molecule has 0 bridgehead atoms. The van der Waals surface area contributed by atoms with Gasteiger partial charge in [-0.15, -0.1) is 0 Å². The van der Waals surface area contributed by atoms with Crippen LogP contribution in [0.5, 0.6) is 0 Å². The van der Waals surface area contributed by atoms with Crippen LogP contribution in [-0.4, -0.2) is 63.6 Å². The van der Waals surface area contributed by atoms with Gasteiger partial charge in [0.2, 0.25) is 0 Å². The van der Waals surface area contributed by atoms with E-state index in [1.165, 1.54) is 0 Å². The molecule has 2 aromatic heterocycles. The molecule has 0 aliphatic carbocycles. The maximum absolute atomic E-state index is 7.00. The van der Waals surface area contributed by atoms with Gasteiger partial charge in [0.15, 0.2) is 28.2 Å². The highest BCUT2D eigenvalue weighted by atomic mass is 28.4. The Balaban J connectivity index is 1.72. The summed E-state index contributed by atoms with van der Waals surface area (Å²) in [5.41, 5.74) is 3.16. The second-order valence-electron chi connectivity index (χ2n) is 16.2. The molecule has 10 heteroatoms. The number of hydrogen-bond acceptors (Lipinski definition) is 8. The van der Waals surface area contributed by atoms with E-state index in [0.29, 0.717) is 13.2 Å². The molecule has 0 amide bonds. The van der Waals surface area contributed by atoms with Crippen LogP contribution in [0, 0.1) is 0 Å². The van der Waals surface area contributed by atoms with Crippen molar-refractivity contribution in [3.8, 4) is 11.4 Å². The van der Waals surface area contributed by atoms with Crippen LogP contribution in [0.3, 0.4) is 0 Å². The summed E-state index contributed by atoms with van der Waals surface area (Å²) >= 11 is 0. The van der Waals surface area contributed by atoms with Crippen LogP contribution in [0.1, 0.15) is 92.8 Å². The molecule has 8 nitrogen and oxygen atoms in total. The largest absolute Gasteiger partial charge is 0.406 e. The van der Waals surface area contributed by atoms with E-state index in [4.69, 9.17) is 37.8 Å². The monoisotopic (exact) mass is 644 g/mol. The van der Waals surface area contributed by atoms with Gasteiger partial charge in [-0.3, -0.25) is 0 Å². The maximum atomic E-state index is 7.00. The molecule has 0 radical (unpaired) electrons. The number of aromatic nitrogens is 2. The highest BCUT2D eigenvalue weighted by molar-refractivity contribution is 6.74. The highest BCUT2D eigenvalue weighted by Crippen LogP contribution is 2.44. The normalized spacial score (nSPS) is 24.0. The third-order valence-corrected chi connectivity index (χ3v) is 18.5. The molecule has 0 spiro atoms. The zero-order chi connectivity index (χ0) is 32.9. The summed E-state index contributed by atoms with van der Waals surface area (Å²) < 4.78 is 38.7. The summed E-state index contributed by atoms with van der Waals surface area (Å²) in [5.74, 6) is -1.35. The summed E-state index contributed by atoms with van der Waals surface area (Å²) in [6.07, 6.45) is -1.29. The quantitative estimate of drug-likeness (QED) is 0.251. The minimum Gasteiger partial charge on any atom is -0.406 e. The molecule has 0 saturated carbocycles. The zero-order valence-corrected chi connectivity index (χ0v) is 31.5. The van der Waals surface area contributed by atoms with E-state index >= 15 is 0 Å². The van der Waals surface area contributed by atoms with E-state index in [2.05, 4.69) is 67.7 Å².